The summed E-state index contributed by atoms with van der Waals surface area (Å²) in [6.07, 6.45) is 43.6. The van der Waals surface area contributed by atoms with Gasteiger partial charge in [0.25, 0.3) is 0 Å². The Morgan fingerprint density at radius 1 is 0.583 bits per heavy atom. The van der Waals surface area contributed by atoms with Gasteiger partial charge in [-0.1, -0.05) is 178 Å². The highest BCUT2D eigenvalue weighted by Gasteiger charge is 2.16. The van der Waals surface area contributed by atoms with Crippen LogP contribution in [0.15, 0.2) is 48.6 Å². The summed E-state index contributed by atoms with van der Waals surface area (Å²) in [4.78, 5) is 24.2. The molecule has 0 aromatic carbocycles. The quantitative estimate of drug-likeness (QED) is 0.0301. The van der Waals surface area contributed by atoms with Gasteiger partial charge in [-0.3, -0.25) is 9.59 Å². The Morgan fingerprint density at radius 3 is 1.67 bits per heavy atom. The molecule has 0 fully saturated rings. The molecular weight excluding hydrogens is 600 g/mol. The molecule has 0 aromatic heterocycles. The Labute approximate surface area is 295 Å². The van der Waals surface area contributed by atoms with Crippen LogP contribution in [0.3, 0.4) is 0 Å². The van der Waals surface area contributed by atoms with Crippen LogP contribution in [0.5, 0.6) is 0 Å². The molecule has 0 unspecified atom stereocenters. The number of carbonyl (C=O) groups is 2. The van der Waals surface area contributed by atoms with E-state index in [0.29, 0.717) is 12.8 Å². The van der Waals surface area contributed by atoms with E-state index in [0.717, 1.165) is 57.8 Å². The summed E-state index contributed by atoms with van der Waals surface area (Å²) in [5.74, 6) is -0.680. The number of esters is 2. The summed E-state index contributed by atoms with van der Waals surface area (Å²) < 4.78 is 10.5. The molecule has 278 valence electrons. The molecular formula is C42H74O6. The van der Waals surface area contributed by atoms with E-state index in [1.807, 2.05) is 18.2 Å². The second kappa shape index (κ2) is 37.6. The number of aliphatic hydroxyl groups is 2. The highest BCUT2D eigenvalue weighted by atomic mass is 16.6. The van der Waals surface area contributed by atoms with Crippen molar-refractivity contribution in [2.24, 2.45) is 0 Å². The average molecular weight is 675 g/mol. The summed E-state index contributed by atoms with van der Waals surface area (Å²) in [6.45, 7) is 3.96. The number of allylic oxidation sites excluding steroid dienone is 7. The van der Waals surface area contributed by atoms with E-state index >= 15 is 0 Å². The Kier molecular flexibility index (Phi) is 35.9. The summed E-state index contributed by atoms with van der Waals surface area (Å²) in [5.41, 5.74) is 0. The van der Waals surface area contributed by atoms with Gasteiger partial charge in [0.05, 0.1) is 12.7 Å². The zero-order valence-electron chi connectivity index (χ0n) is 31.1. The molecule has 0 aliphatic rings. The molecule has 6 nitrogen and oxygen atoms in total. The van der Waals surface area contributed by atoms with E-state index in [-0.39, 0.29) is 37.7 Å². The summed E-state index contributed by atoms with van der Waals surface area (Å²) in [6, 6.07) is 0. The van der Waals surface area contributed by atoms with Crippen molar-refractivity contribution in [3.63, 3.8) is 0 Å². The Balaban J connectivity index is 3.69. The fourth-order valence-corrected chi connectivity index (χ4v) is 5.42. The van der Waals surface area contributed by atoms with Crippen molar-refractivity contribution in [2.75, 3.05) is 13.2 Å². The predicted molar refractivity (Wildman–Crippen MR) is 202 cm³/mol. The van der Waals surface area contributed by atoms with Gasteiger partial charge in [-0.05, 0) is 38.5 Å². The second-order valence-corrected chi connectivity index (χ2v) is 13.2. The lowest BCUT2D eigenvalue weighted by atomic mass is 10.0. The van der Waals surface area contributed by atoms with Gasteiger partial charge in [0.1, 0.15) is 6.61 Å². The number of hydrogen-bond donors (Lipinski definition) is 2. The van der Waals surface area contributed by atoms with Crippen molar-refractivity contribution in [1.82, 2.24) is 0 Å². The summed E-state index contributed by atoms with van der Waals surface area (Å²) >= 11 is 0. The molecule has 0 spiro atoms. The highest BCUT2D eigenvalue weighted by molar-refractivity contribution is 5.70. The number of aliphatic hydroxyl groups excluding tert-OH is 2. The van der Waals surface area contributed by atoms with E-state index in [2.05, 4.69) is 44.2 Å². The van der Waals surface area contributed by atoms with Crippen molar-refractivity contribution >= 4 is 11.9 Å². The average Bonchev–Trinajstić information content (AvgIpc) is 3.08. The molecule has 0 aliphatic heterocycles. The fraction of sp³-hybridized carbons (Fsp3) is 0.762. The normalized spacial score (nSPS) is 13.3. The molecule has 48 heavy (non-hydrogen) atoms. The van der Waals surface area contributed by atoms with Crippen molar-refractivity contribution in [2.45, 2.75) is 193 Å². The van der Waals surface area contributed by atoms with Crippen molar-refractivity contribution in [3.8, 4) is 0 Å². The minimum atomic E-state index is -0.804. The van der Waals surface area contributed by atoms with E-state index < -0.39 is 6.10 Å². The van der Waals surface area contributed by atoms with Crippen molar-refractivity contribution in [1.29, 1.82) is 0 Å². The Hall–Kier alpha value is -2.18. The molecule has 0 rings (SSSR count). The molecule has 6 heteroatoms. The lowest BCUT2D eigenvalue weighted by Crippen LogP contribution is -2.28. The van der Waals surface area contributed by atoms with Crippen LogP contribution in [0.25, 0.3) is 0 Å². The van der Waals surface area contributed by atoms with E-state index in [4.69, 9.17) is 9.47 Å². The van der Waals surface area contributed by atoms with Gasteiger partial charge < -0.3 is 19.7 Å². The summed E-state index contributed by atoms with van der Waals surface area (Å²) in [5, 5.41) is 19.4. The maximum Gasteiger partial charge on any atom is 0.306 e. The third-order valence-electron chi connectivity index (χ3n) is 8.48. The van der Waals surface area contributed by atoms with Crippen LogP contribution in [0.1, 0.15) is 181 Å². The second-order valence-electron chi connectivity index (χ2n) is 13.2. The topological polar surface area (TPSA) is 93.1 Å². The third-order valence-corrected chi connectivity index (χ3v) is 8.48. The molecule has 0 bridgehead atoms. The molecule has 2 N–H and O–H groups in total. The Morgan fingerprint density at radius 2 is 1.08 bits per heavy atom. The van der Waals surface area contributed by atoms with Gasteiger partial charge in [0.15, 0.2) is 6.10 Å². The van der Waals surface area contributed by atoms with E-state index in [1.165, 1.54) is 89.9 Å². The van der Waals surface area contributed by atoms with Crippen LogP contribution in [0.4, 0.5) is 0 Å². The monoisotopic (exact) mass is 675 g/mol. The minimum Gasteiger partial charge on any atom is -0.462 e. The SMILES string of the molecule is CCCCCCCCCCCCCCCCCCC(=O)O[C@@H](CO)COC(=O)CCC/C=C\C/C=C\C/C=C\C=C\[C@H](O)CCCCC. The number of unbranched alkanes of at least 4 members (excludes halogenated alkanes) is 18. The molecule has 0 aliphatic carbocycles. The van der Waals surface area contributed by atoms with Crippen LogP contribution in [0, 0.1) is 0 Å². The molecule has 2 atom stereocenters. The molecule has 0 aromatic rings. The molecule has 0 amide bonds. The van der Waals surface area contributed by atoms with E-state index in [9.17, 15) is 19.8 Å². The number of ether oxygens (including phenoxy) is 2. The Bertz CT molecular complexity index is 830. The molecule has 0 saturated heterocycles. The predicted octanol–water partition coefficient (Wildman–Crippen LogP) is 11.2. The van der Waals surface area contributed by atoms with E-state index in [1.54, 1.807) is 0 Å². The van der Waals surface area contributed by atoms with Gasteiger partial charge in [-0.15, -0.1) is 0 Å². The van der Waals surface area contributed by atoms with Crippen LogP contribution >= 0.6 is 0 Å². The van der Waals surface area contributed by atoms with Crippen LogP contribution in [0.2, 0.25) is 0 Å². The van der Waals surface area contributed by atoms with Gasteiger partial charge in [0, 0.05) is 12.8 Å². The maximum absolute atomic E-state index is 12.2. The highest BCUT2D eigenvalue weighted by Crippen LogP contribution is 2.14. The maximum atomic E-state index is 12.2. The van der Waals surface area contributed by atoms with Gasteiger partial charge >= 0.3 is 11.9 Å². The number of rotatable bonds is 35. The summed E-state index contributed by atoms with van der Waals surface area (Å²) in [7, 11) is 0. The minimum absolute atomic E-state index is 0.107. The van der Waals surface area contributed by atoms with Crippen LogP contribution in [-0.4, -0.2) is 47.6 Å². The smallest absolute Gasteiger partial charge is 0.306 e. The lowest BCUT2D eigenvalue weighted by Gasteiger charge is -2.15. The van der Waals surface area contributed by atoms with Crippen molar-refractivity contribution < 1.29 is 29.3 Å². The van der Waals surface area contributed by atoms with Gasteiger partial charge in [0.2, 0.25) is 0 Å². The molecule has 0 heterocycles. The van der Waals surface area contributed by atoms with Crippen LogP contribution in [-0.2, 0) is 19.1 Å². The standard InChI is InChI=1S/C42H74O6/c1-3-5-7-8-9-10-11-12-13-14-15-18-22-25-28-32-36-42(46)48-40(37-43)38-47-41(45)35-31-27-24-21-19-16-17-20-23-26-30-34-39(44)33-29-6-4-2/h16-17,21,23-24,26,30,34,39-40,43-44H,3-15,18-20,22,25,27-29,31-33,35-38H2,1-2H3/b17-16-,24-21-,26-23-,34-30+/t39-,40+/m1/s1. The first-order chi connectivity index (χ1) is 23.5. The largest absolute Gasteiger partial charge is 0.462 e. The zero-order chi connectivity index (χ0) is 35.2. The fourth-order valence-electron chi connectivity index (χ4n) is 5.42. The van der Waals surface area contributed by atoms with Crippen LogP contribution < -0.4 is 0 Å². The molecule has 0 saturated carbocycles. The number of carbonyl (C=O) groups excluding carboxylic acids is 2. The first-order valence-corrected chi connectivity index (χ1v) is 19.8. The number of hydrogen-bond acceptors (Lipinski definition) is 6. The first kappa shape index (κ1) is 45.8. The van der Waals surface area contributed by atoms with Gasteiger partial charge in [-0.25, -0.2) is 0 Å². The first-order valence-electron chi connectivity index (χ1n) is 19.8. The zero-order valence-corrected chi connectivity index (χ0v) is 31.1. The van der Waals surface area contributed by atoms with Gasteiger partial charge in [-0.2, -0.15) is 0 Å². The third kappa shape index (κ3) is 35.1. The molecule has 0 radical (unpaired) electrons. The lowest BCUT2D eigenvalue weighted by molar-refractivity contribution is -0.161. The van der Waals surface area contributed by atoms with Crippen molar-refractivity contribution in [3.05, 3.63) is 48.6 Å².